The van der Waals surface area contributed by atoms with Gasteiger partial charge in [-0.3, -0.25) is 4.98 Å². The molecule has 0 aliphatic rings. The molecular weight excluding hydrogens is 328 g/mol. The lowest BCUT2D eigenvalue weighted by atomic mass is 9.87. The zero-order valence-corrected chi connectivity index (χ0v) is 16.6. The van der Waals surface area contributed by atoms with Gasteiger partial charge < -0.3 is 4.74 Å². The Morgan fingerprint density at radius 1 is 1.16 bits per heavy atom. The van der Waals surface area contributed by atoms with Crippen LogP contribution in [0.15, 0.2) is 53.8 Å². The monoisotopic (exact) mass is 356 g/mol. The molecule has 0 unspecified atom stereocenters. The van der Waals surface area contributed by atoms with E-state index in [-0.39, 0.29) is 5.41 Å². The third kappa shape index (κ3) is 6.91. The molecule has 2 aromatic rings. The van der Waals surface area contributed by atoms with Crippen LogP contribution in [0.5, 0.6) is 0 Å². The second kappa shape index (κ2) is 9.04. The van der Waals surface area contributed by atoms with E-state index in [0.29, 0.717) is 17.8 Å². The van der Waals surface area contributed by atoms with Gasteiger partial charge in [-0.05, 0) is 34.6 Å². The Bertz CT molecular complexity index is 673. The van der Waals surface area contributed by atoms with Gasteiger partial charge in [-0.1, -0.05) is 70.6 Å². The highest BCUT2D eigenvalue weighted by Crippen LogP contribution is 2.24. The quantitative estimate of drug-likeness (QED) is 0.489. The van der Waals surface area contributed by atoms with Crippen LogP contribution < -0.4 is 0 Å². The summed E-state index contributed by atoms with van der Waals surface area (Å²) in [5.41, 5.74) is 3.61. The van der Waals surface area contributed by atoms with E-state index in [0.717, 1.165) is 11.4 Å². The average Bonchev–Trinajstić information content (AvgIpc) is 2.57. The summed E-state index contributed by atoms with van der Waals surface area (Å²) in [4.78, 5) is 8.71. The summed E-state index contributed by atoms with van der Waals surface area (Å²) in [6.07, 6.45) is 3.50. The first-order valence-electron chi connectivity index (χ1n) is 8.68. The predicted molar refractivity (Wildman–Crippen MR) is 109 cm³/mol. The Hall–Kier alpha value is -1.81. The number of hydrogen-bond acceptors (Lipinski definition) is 4. The van der Waals surface area contributed by atoms with Crippen LogP contribution in [0.25, 0.3) is 0 Å². The maximum absolute atomic E-state index is 5.89. The molecule has 0 atom stereocenters. The van der Waals surface area contributed by atoms with Crippen molar-refractivity contribution in [3.05, 3.63) is 59.9 Å². The van der Waals surface area contributed by atoms with E-state index < -0.39 is 0 Å². The number of aliphatic imine (C=N–C) groups is 1. The van der Waals surface area contributed by atoms with Crippen LogP contribution in [-0.4, -0.2) is 16.8 Å². The summed E-state index contributed by atoms with van der Waals surface area (Å²) in [5.74, 6) is 1.30. The smallest absolute Gasteiger partial charge is 0.251 e. The van der Waals surface area contributed by atoms with Gasteiger partial charge >= 0.3 is 0 Å². The Labute approximate surface area is 155 Å². The fourth-order valence-electron chi connectivity index (χ4n) is 2.12. The topological polar surface area (TPSA) is 34.5 Å². The fourth-order valence-corrected chi connectivity index (χ4v) is 2.92. The highest BCUT2D eigenvalue weighted by molar-refractivity contribution is 8.12. The van der Waals surface area contributed by atoms with E-state index in [1.54, 1.807) is 24.2 Å². The second-order valence-corrected chi connectivity index (χ2v) is 8.46. The van der Waals surface area contributed by atoms with Crippen LogP contribution in [0.1, 0.15) is 45.7 Å². The molecule has 25 heavy (non-hydrogen) atoms. The summed E-state index contributed by atoms with van der Waals surface area (Å²) in [6.45, 7) is 11.6. The van der Waals surface area contributed by atoms with Gasteiger partial charge in [-0.25, -0.2) is 4.99 Å². The number of benzene rings is 1. The van der Waals surface area contributed by atoms with Crippen molar-refractivity contribution >= 4 is 22.7 Å². The molecule has 1 aromatic carbocycles. The van der Waals surface area contributed by atoms with Crippen molar-refractivity contribution in [1.82, 2.24) is 4.98 Å². The molecule has 1 heterocycles. The molecule has 0 saturated heterocycles. The lowest BCUT2D eigenvalue weighted by Gasteiger charge is -2.19. The molecule has 4 heteroatoms. The number of hydrogen-bond donors (Lipinski definition) is 0. The molecule has 0 spiro atoms. The van der Waals surface area contributed by atoms with E-state index >= 15 is 0 Å². The van der Waals surface area contributed by atoms with Crippen LogP contribution in [0.2, 0.25) is 0 Å². The van der Waals surface area contributed by atoms with Crippen molar-refractivity contribution in [2.45, 2.75) is 45.8 Å². The summed E-state index contributed by atoms with van der Waals surface area (Å²) in [7, 11) is 0. The fraction of sp³-hybridized carbons (Fsp3) is 0.429. The van der Waals surface area contributed by atoms with Crippen molar-refractivity contribution in [1.29, 1.82) is 0 Å². The minimum absolute atomic E-state index is 0.180. The number of thioether (sulfide) groups is 1. The zero-order valence-electron chi connectivity index (χ0n) is 15.8. The molecule has 0 saturated carbocycles. The first kappa shape index (κ1) is 19.5. The summed E-state index contributed by atoms with van der Waals surface area (Å²) in [6, 6.07) is 12.6. The number of rotatable bonds is 5. The molecule has 134 valence electrons. The van der Waals surface area contributed by atoms with Gasteiger partial charge in [0.05, 0.1) is 18.5 Å². The Balaban J connectivity index is 2.05. The van der Waals surface area contributed by atoms with Crippen molar-refractivity contribution in [3.63, 3.8) is 0 Å². The van der Waals surface area contributed by atoms with E-state index in [1.807, 2.05) is 12.1 Å². The Morgan fingerprint density at radius 2 is 1.88 bits per heavy atom. The molecule has 0 fully saturated rings. The van der Waals surface area contributed by atoms with E-state index in [2.05, 4.69) is 68.9 Å². The summed E-state index contributed by atoms with van der Waals surface area (Å²) < 4.78 is 5.89. The molecular formula is C21H28N2OS. The first-order chi connectivity index (χ1) is 11.8. The van der Waals surface area contributed by atoms with Crippen molar-refractivity contribution in [2.75, 3.05) is 6.61 Å². The molecule has 0 aliphatic carbocycles. The number of pyridine rings is 1. The standard InChI is InChI=1S/C21H28N2OS/c1-16(2)14-24-20(23-19-7-6-12-22-13-19)25-15-17-8-10-18(11-9-17)21(3,4)5/h6-13,16H,14-15H2,1-5H3. The maximum atomic E-state index is 5.89. The molecule has 0 N–H and O–H groups in total. The highest BCUT2D eigenvalue weighted by Gasteiger charge is 2.13. The van der Waals surface area contributed by atoms with Crippen LogP contribution in [-0.2, 0) is 15.9 Å². The minimum atomic E-state index is 0.180. The highest BCUT2D eigenvalue weighted by atomic mass is 32.2. The van der Waals surface area contributed by atoms with Gasteiger partial charge in [0.2, 0.25) is 0 Å². The van der Waals surface area contributed by atoms with Gasteiger partial charge in [0, 0.05) is 11.9 Å². The van der Waals surface area contributed by atoms with Crippen LogP contribution in [0.4, 0.5) is 5.69 Å². The van der Waals surface area contributed by atoms with Crippen LogP contribution in [0.3, 0.4) is 0 Å². The van der Waals surface area contributed by atoms with Gasteiger partial charge in [0.25, 0.3) is 5.23 Å². The zero-order chi connectivity index (χ0) is 18.3. The summed E-state index contributed by atoms with van der Waals surface area (Å²) in [5, 5.41) is 0.696. The first-order valence-corrected chi connectivity index (χ1v) is 9.67. The van der Waals surface area contributed by atoms with Gasteiger partial charge in [-0.15, -0.1) is 0 Å². The van der Waals surface area contributed by atoms with E-state index in [4.69, 9.17) is 4.74 Å². The van der Waals surface area contributed by atoms with Crippen molar-refractivity contribution < 1.29 is 4.74 Å². The van der Waals surface area contributed by atoms with E-state index in [1.165, 1.54) is 11.1 Å². The van der Waals surface area contributed by atoms with Gasteiger partial charge in [-0.2, -0.15) is 0 Å². The molecule has 0 amide bonds. The molecule has 1 aromatic heterocycles. The number of nitrogens with zero attached hydrogens (tertiary/aromatic N) is 2. The van der Waals surface area contributed by atoms with Crippen LogP contribution >= 0.6 is 11.8 Å². The van der Waals surface area contributed by atoms with E-state index in [9.17, 15) is 0 Å². The Morgan fingerprint density at radius 3 is 2.44 bits per heavy atom. The predicted octanol–water partition coefficient (Wildman–Crippen LogP) is 5.97. The van der Waals surface area contributed by atoms with Crippen LogP contribution in [0, 0.1) is 5.92 Å². The normalized spacial score (nSPS) is 12.5. The van der Waals surface area contributed by atoms with Gasteiger partial charge in [0.15, 0.2) is 0 Å². The minimum Gasteiger partial charge on any atom is -0.473 e. The molecule has 2 rings (SSSR count). The summed E-state index contributed by atoms with van der Waals surface area (Å²) >= 11 is 1.62. The number of ether oxygens (including phenoxy) is 1. The molecule has 0 bridgehead atoms. The van der Waals surface area contributed by atoms with Crippen molar-refractivity contribution in [3.8, 4) is 0 Å². The molecule has 0 radical (unpaired) electrons. The average molecular weight is 357 g/mol. The lowest BCUT2D eigenvalue weighted by molar-refractivity contribution is 0.267. The lowest BCUT2D eigenvalue weighted by Crippen LogP contribution is -2.10. The largest absolute Gasteiger partial charge is 0.473 e. The molecule has 3 nitrogen and oxygen atoms in total. The maximum Gasteiger partial charge on any atom is 0.251 e. The SMILES string of the molecule is CC(C)COC(=Nc1cccnc1)SCc1ccc(C(C)(C)C)cc1. The third-order valence-electron chi connectivity index (χ3n) is 3.59. The van der Waals surface area contributed by atoms with Crippen molar-refractivity contribution in [2.24, 2.45) is 10.9 Å². The van der Waals surface area contributed by atoms with Gasteiger partial charge in [0.1, 0.15) is 0 Å². The second-order valence-electron chi connectivity index (χ2n) is 7.53. The Kier molecular flexibility index (Phi) is 7.06. The third-order valence-corrected chi connectivity index (χ3v) is 4.52. The number of aromatic nitrogens is 1. The molecule has 0 aliphatic heterocycles.